The Labute approximate surface area is 127 Å². The van der Waals surface area contributed by atoms with Crippen LogP contribution in [0.15, 0.2) is 36.5 Å². The molecule has 1 aliphatic heterocycles. The van der Waals surface area contributed by atoms with Crippen molar-refractivity contribution < 1.29 is 0 Å². The van der Waals surface area contributed by atoms with Crippen LogP contribution in [0.5, 0.6) is 0 Å². The SMILES string of the molecule is Cn1cc(C2NCCC2c2ccccc2)c(C(C)(C)C)n1. The van der Waals surface area contributed by atoms with E-state index >= 15 is 0 Å². The molecule has 0 amide bonds. The minimum Gasteiger partial charge on any atom is -0.309 e. The zero-order valence-electron chi connectivity index (χ0n) is 13.4. The van der Waals surface area contributed by atoms with Crippen LogP contribution in [0, 0.1) is 0 Å². The van der Waals surface area contributed by atoms with E-state index in [0.717, 1.165) is 6.54 Å². The highest BCUT2D eigenvalue weighted by atomic mass is 15.3. The van der Waals surface area contributed by atoms with Crippen molar-refractivity contribution >= 4 is 0 Å². The Morgan fingerprint density at radius 1 is 1.19 bits per heavy atom. The molecule has 1 fully saturated rings. The molecule has 1 saturated heterocycles. The number of benzene rings is 1. The van der Waals surface area contributed by atoms with Gasteiger partial charge >= 0.3 is 0 Å². The summed E-state index contributed by atoms with van der Waals surface area (Å²) in [5.74, 6) is 0.538. The Balaban J connectivity index is 2.00. The van der Waals surface area contributed by atoms with Crippen LogP contribution in [-0.2, 0) is 12.5 Å². The fraction of sp³-hybridized carbons (Fsp3) is 0.500. The third-order valence-electron chi connectivity index (χ3n) is 4.35. The van der Waals surface area contributed by atoms with Crippen LogP contribution < -0.4 is 5.32 Å². The first-order chi connectivity index (χ1) is 9.97. The standard InChI is InChI=1S/C18H25N3/c1-18(2,3)17-15(12-21(4)20-17)16-14(10-11-19-16)13-8-6-5-7-9-13/h5-9,12,14,16,19H,10-11H2,1-4H3. The number of rotatable bonds is 2. The second-order valence-electron chi connectivity index (χ2n) is 7.09. The molecule has 3 rings (SSSR count). The van der Waals surface area contributed by atoms with Crippen molar-refractivity contribution in [3.63, 3.8) is 0 Å². The molecule has 3 nitrogen and oxygen atoms in total. The highest BCUT2D eigenvalue weighted by Gasteiger charge is 2.34. The zero-order valence-corrected chi connectivity index (χ0v) is 13.4. The summed E-state index contributed by atoms with van der Waals surface area (Å²) < 4.78 is 1.96. The zero-order chi connectivity index (χ0) is 15.0. The summed E-state index contributed by atoms with van der Waals surface area (Å²) >= 11 is 0. The Kier molecular flexibility index (Phi) is 3.62. The maximum atomic E-state index is 4.73. The monoisotopic (exact) mass is 283 g/mol. The Morgan fingerprint density at radius 3 is 2.57 bits per heavy atom. The first-order valence-electron chi connectivity index (χ1n) is 7.79. The van der Waals surface area contributed by atoms with E-state index in [-0.39, 0.29) is 5.41 Å². The Morgan fingerprint density at radius 2 is 1.90 bits per heavy atom. The molecular formula is C18H25N3. The summed E-state index contributed by atoms with van der Waals surface area (Å²) in [6.07, 6.45) is 3.38. The third kappa shape index (κ3) is 2.75. The van der Waals surface area contributed by atoms with Gasteiger partial charge in [0.1, 0.15) is 0 Å². The van der Waals surface area contributed by atoms with E-state index in [1.807, 2.05) is 11.7 Å². The summed E-state index contributed by atoms with van der Waals surface area (Å²) in [7, 11) is 2.02. The van der Waals surface area contributed by atoms with E-state index in [1.165, 1.54) is 23.2 Å². The molecule has 1 aromatic carbocycles. The van der Waals surface area contributed by atoms with Crippen molar-refractivity contribution in [1.29, 1.82) is 0 Å². The second kappa shape index (κ2) is 5.30. The van der Waals surface area contributed by atoms with Gasteiger partial charge in [0.15, 0.2) is 0 Å². The van der Waals surface area contributed by atoms with E-state index in [4.69, 9.17) is 5.10 Å². The van der Waals surface area contributed by atoms with Crippen LogP contribution in [-0.4, -0.2) is 16.3 Å². The van der Waals surface area contributed by atoms with E-state index < -0.39 is 0 Å². The van der Waals surface area contributed by atoms with Crippen LogP contribution in [0.2, 0.25) is 0 Å². The minimum atomic E-state index is 0.0715. The van der Waals surface area contributed by atoms with Crippen LogP contribution >= 0.6 is 0 Å². The quantitative estimate of drug-likeness (QED) is 0.913. The second-order valence-corrected chi connectivity index (χ2v) is 7.09. The fourth-order valence-electron chi connectivity index (χ4n) is 3.41. The number of hydrogen-bond donors (Lipinski definition) is 1. The molecule has 21 heavy (non-hydrogen) atoms. The van der Waals surface area contributed by atoms with Crippen LogP contribution in [0.25, 0.3) is 0 Å². The predicted molar refractivity (Wildman–Crippen MR) is 86.5 cm³/mol. The average Bonchev–Trinajstić information content (AvgIpc) is 3.04. The molecule has 1 aromatic heterocycles. The van der Waals surface area contributed by atoms with Crippen LogP contribution in [0.3, 0.4) is 0 Å². The molecule has 2 heterocycles. The van der Waals surface area contributed by atoms with Gasteiger partial charge in [0.2, 0.25) is 0 Å². The summed E-state index contributed by atoms with van der Waals surface area (Å²) in [4.78, 5) is 0. The van der Waals surface area contributed by atoms with Gasteiger partial charge in [-0.3, -0.25) is 4.68 Å². The molecule has 2 aromatic rings. The van der Waals surface area contributed by atoms with Gasteiger partial charge in [-0.05, 0) is 18.5 Å². The van der Waals surface area contributed by atoms with Gasteiger partial charge in [-0.25, -0.2) is 0 Å². The Bertz CT molecular complexity index is 607. The first kappa shape index (κ1) is 14.3. The molecule has 1 N–H and O–H groups in total. The van der Waals surface area contributed by atoms with Crippen LogP contribution in [0.4, 0.5) is 0 Å². The fourth-order valence-corrected chi connectivity index (χ4v) is 3.41. The molecule has 0 spiro atoms. The van der Waals surface area contributed by atoms with Gasteiger partial charge < -0.3 is 5.32 Å². The summed E-state index contributed by atoms with van der Waals surface area (Å²) in [5.41, 5.74) is 4.07. The molecule has 0 saturated carbocycles. The van der Waals surface area contributed by atoms with Gasteiger partial charge in [0.05, 0.1) is 5.69 Å². The van der Waals surface area contributed by atoms with Crippen molar-refractivity contribution in [2.24, 2.45) is 7.05 Å². The van der Waals surface area contributed by atoms with Crippen molar-refractivity contribution in [2.75, 3.05) is 6.54 Å². The summed E-state index contributed by atoms with van der Waals surface area (Å²) in [6, 6.07) is 11.2. The van der Waals surface area contributed by atoms with E-state index in [2.05, 4.69) is 62.6 Å². The molecular weight excluding hydrogens is 258 g/mol. The molecule has 2 unspecified atom stereocenters. The number of nitrogens with one attached hydrogen (secondary N) is 1. The highest BCUT2D eigenvalue weighted by molar-refractivity contribution is 5.33. The average molecular weight is 283 g/mol. The molecule has 1 aliphatic rings. The minimum absolute atomic E-state index is 0.0715. The molecule has 2 atom stereocenters. The molecule has 112 valence electrons. The lowest BCUT2D eigenvalue weighted by Crippen LogP contribution is -2.22. The lowest BCUT2D eigenvalue weighted by molar-refractivity contribution is 0.519. The van der Waals surface area contributed by atoms with Gasteiger partial charge in [-0.15, -0.1) is 0 Å². The smallest absolute Gasteiger partial charge is 0.0725 e. The van der Waals surface area contributed by atoms with Gasteiger partial charge in [-0.1, -0.05) is 51.1 Å². The summed E-state index contributed by atoms with van der Waals surface area (Å²) in [6.45, 7) is 7.80. The molecule has 0 aliphatic carbocycles. The third-order valence-corrected chi connectivity index (χ3v) is 4.35. The number of nitrogens with zero attached hydrogens (tertiary/aromatic N) is 2. The number of hydrogen-bond acceptors (Lipinski definition) is 2. The lowest BCUT2D eigenvalue weighted by Gasteiger charge is -2.24. The largest absolute Gasteiger partial charge is 0.309 e. The lowest BCUT2D eigenvalue weighted by atomic mass is 9.82. The summed E-state index contributed by atoms with van der Waals surface area (Å²) in [5, 5.41) is 8.43. The van der Waals surface area contributed by atoms with Crippen molar-refractivity contribution in [3.05, 3.63) is 53.3 Å². The van der Waals surface area contributed by atoms with Gasteiger partial charge in [0, 0.05) is 36.2 Å². The maximum Gasteiger partial charge on any atom is 0.0725 e. The van der Waals surface area contributed by atoms with Crippen LogP contribution in [0.1, 0.15) is 56.0 Å². The van der Waals surface area contributed by atoms with Crippen molar-refractivity contribution in [2.45, 2.75) is 44.6 Å². The van der Waals surface area contributed by atoms with Gasteiger partial charge in [0.25, 0.3) is 0 Å². The highest BCUT2D eigenvalue weighted by Crippen LogP contribution is 2.40. The number of aromatic nitrogens is 2. The molecule has 0 bridgehead atoms. The van der Waals surface area contributed by atoms with E-state index in [0.29, 0.717) is 12.0 Å². The van der Waals surface area contributed by atoms with E-state index in [9.17, 15) is 0 Å². The van der Waals surface area contributed by atoms with Gasteiger partial charge in [-0.2, -0.15) is 5.10 Å². The van der Waals surface area contributed by atoms with Crippen molar-refractivity contribution in [3.8, 4) is 0 Å². The number of aryl methyl sites for hydroxylation is 1. The Hall–Kier alpha value is -1.61. The molecule has 3 heteroatoms. The normalized spacial score (nSPS) is 22.7. The molecule has 0 radical (unpaired) electrons. The predicted octanol–water partition coefficient (Wildman–Crippen LogP) is 3.54. The topological polar surface area (TPSA) is 29.9 Å². The van der Waals surface area contributed by atoms with Crippen molar-refractivity contribution in [1.82, 2.24) is 15.1 Å². The maximum absolute atomic E-state index is 4.73. The first-order valence-corrected chi connectivity index (χ1v) is 7.79. The van der Waals surface area contributed by atoms with E-state index in [1.54, 1.807) is 0 Å².